The van der Waals surface area contributed by atoms with Gasteiger partial charge in [-0.2, -0.15) is 0 Å². The van der Waals surface area contributed by atoms with Crippen LogP contribution in [0, 0.1) is 10.1 Å². The Bertz CT molecular complexity index is 548. The van der Waals surface area contributed by atoms with Crippen molar-refractivity contribution in [1.82, 2.24) is 4.98 Å². The van der Waals surface area contributed by atoms with Crippen molar-refractivity contribution in [2.75, 3.05) is 0 Å². The third-order valence-corrected chi connectivity index (χ3v) is 3.26. The molecule has 0 radical (unpaired) electrons. The van der Waals surface area contributed by atoms with E-state index in [9.17, 15) is 10.1 Å². The maximum atomic E-state index is 10.9. The van der Waals surface area contributed by atoms with Crippen LogP contribution in [0.1, 0.15) is 0 Å². The van der Waals surface area contributed by atoms with Gasteiger partial charge in [-0.1, -0.05) is 23.4 Å². The van der Waals surface area contributed by atoms with Crippen LogP contribution in [0.5, 0.6) is 0 Å². The molecule has 2 aromatic rings. The van der Waals surface area contributed by atoms with Gasteiger partial charge in [-0.05, 0) is 24.3 Å². The van der Waals surface area contributed by atoms with Crippen molar-refractivity contribution < 1.29 is 4.92 Å². The van der Waals surface area contributed by atoms with E-state index in [2.05, 4.69) is 4.98 Å². The maximum absolute atomic E-state index is 10.9. The minimum atomic E-state index is -0.440. The van der Waals surface area contributed by atoms with Gasteiger partial charge in [0.05, 0.1) is 9.82 Å². The summed E-state index contributed by atoms with van der Waals surface area (Å²) in [4.78, 5) is 15.8. The number of pyridine rings is 1. The molecule has 6 heteroatoms. The number of nitro benzene ring substituents is 1. The average molecular weight is 267 g/mol. The van der Waals surface area contributed by atoms with E-state index in [1.54, 1.807) is 30.6 Å². The highest BCUT2D eigenvalue weighted by atomic mass is 35.5. The highest BCUT2D eigenvalue weighted by molar-refractivity contribution is 7.99. The van der Waals surface area contributed by atoms with Crippen LogP contribution in [0.2, 0.25) is 5.02 Å². The van der Waals surface area contributed by atoms with Crippen molar-refractivity contribution in [3.8, 4) is 0 Å². The zero-order chi connectivity index (χ0) is 12.3. The number of benzene rings is 1. The molecule has 0 unspecified atom stereocenters. The fourth-order valence-electron chi connectivity index (χ4n) is 1.25. The molecule has 0 aliphatic heterocycles. The van der Waals surface area contributed by atoms with Crippen molar-refractivity contribution in [2.45, 2.75) is 9.79 Å². The molecular weight excluding hydrogens is 260 g/mol. The highest BCUT2D eigenvalue weighted by Crippen LogP contribution is 2.35. The molecule has 0 spiro atoms. The van der Waals surface area contributed by atoms with Crippen LogP contribution < -0.4 is 0 Å². The van der Waals surface area contributed by atoms with E-state index < -0.39 is 4.92 Å². The number of hydrogen-bond donors (Lipinski definition) is 0. The van der Waals surface area contributed by atoms with Crippen LogP contribution in [0.25, 0.3) is 0 Å². The van der Waals surface area contributed by atoms with Gasteiger partial charge in [-0.25, -0.2) is 0 Å². The number of nitro groups is 1. The molecule has 0 N–H and O–H groups in total. The number of aromatic nitrogens is 1. The smallest absolute Gasteiger partial charge is 0.264 e. The summed E-state index contributed by atoms with van der Waals surface area (Å²) in [5.41, 5.74) is 0.00588. The molecule has 0 saturated carbocycles. The van der Waals surface area contributed by atoms with E-state index >= 15 is 0 Å². The normalized spacial score (nSPS) is 10.2. The fraction of sp³-hybridized carbons (Fsp3) is 0. The lowest BCUT2D eigenvalue weighted by molar-refractivity contribution is -0.387. The minimum absolute atomic E-state index is 0.00588. The Balaban J connectivity index is 2.36. The molecule has 17 heavy (non-hydrogen) atoms. The van der Waals surface area contributed by atoms with Gasteiger partial charge in [0.15, 0.2) is 0 Å². The molecule has 0 atom stereocenters. The predicted octanol–water partition coefficient (Wildman–Crippen LogP) is 3.79. The molecule has 1 aromatic heterocycles. The second kappa shape index (κ2) is 5.16. The molecule has 0 fully saturated rings. The predicted molar refractivity (Wildman–Crippen MR) is 66.5 cm³/mol. The molecule has 2 rings (SSSR count). The van der Waals surface area contributed by atoms with E-state index in [0.717, 1.165) is 4.90 Å². The summed E-state index contributed by atoms with van der Waals surface area (Å²) < 4.78 is 0. The number of rotatable bonds is 3. The summed E-state index contributed by atoms with van der Waals surface area (Å²) in [5.74, 6) is 0. The highest BCUT2D eigenvalue weighted by Gasteiger charge is 2.15. The van der Waals surface area contributed by atoms with Crippen LogP contribution in [-0.2, 0) is 0 Å². The zero-order valence-corrected chi connectivity index (χ0v) is 10.1. The second-order valence-corrected chi connectivity index (χ2v) is 4.71. The summed E-state index contributed by atoms with van der Waals surface area (Å²) in [5, 5.41) is 11.2. The number of nitrogens with zero attached hydrogens (tertiary/aromatic N) is 2. The summed E-state index contributed by atoms with van der Waals surface area (Å²) >= 11 is 7.03. The third kappa shape index (κ3) is 2.95. The topological polar surface area (TPSA) is 56.0 Å². The van der Waals surface area contributed by atoms with E-state index in [-0.39, 0.29) is 5.69 Å². The van der Waals surface area contributed by atoms with Gasteiger partial charge < -0.3 is 0 Å². The lowest BCUT2D eigenvalue weighted by Crippen LogP contribution is -1.90. The quantitative estimate of drug-likeness (QED) is 0.626. The summed E-state index contributed by atoms with van der Waals surface area (Å²) in [6, 6.07) is 8.24. The summed E-state index contributed by atoms with van der Waals surface area (Å²) in [6.45, 7) is 0. The van der Waals surface area contributed by atoms with Crippen molar-refractivity contribution in [1.29, 1.82) is 0 Å². The molecule has 0 aliphatic rings. The molecule has 0 aliphatic carbocycles. The van der Waals surface area contributed by atoms with E-state index in [0.29, 0.717) is 9.92 Å². The summed E-state index contributed by atoms with van der Waals surface area (Å²) in [7, 11) is 0. The Morgan fingerprint density at radius 3 is 2.82 bits per heavy atom. The number of halogens is 1. The molecule has 86 valence electrons. The molecular formula is C11H7ClN2O2S. The zero-order valence-electron chi connectivity index (χ0n) is 8.54. The molecule has 1 heterocycles. The average Bonchev–Trinajstić information content (AvgIpc) is 2.32. The second-order valence-electron chi connectivity index (χ2n) is 3.16. The molecule has 0 bridgehead atoms. The van der Waals surface area contributed by atoms with Crippen LogP contribution in [0.4, 0.5) is 5.69 Å². The largest absolute Gasteiger partial charge is 0.284 e. The first-order chi connectivity index (χ1) is 8.16. The molecule has 1 aromatic carbocycles. The van der Waals surface area contributed by atoms with E-state index in [1.807, 2.05) is 6.07 Å². The van der Waals surface area contributed by atoms with E-state index in [1.165, 1.54) is 17.8 Å². The van der Waals surface area contributed by atoms with Crippen LogP contribution in [-0.4, -0.2) is 9.91 Å². The van der Waals surface area contributed by atoms with Gasteiger partial charge in [0.25, 0.3) is 5.69 Å². The first-order valence-corrected chi connectivity index (χ1v) is 5.88. The first-order valence-electron chi connectivity index (χ1n) is 4.68. The monoisotopic (exact) mass is 266 g/mol. The van der Waals surface area contributed by atoms with Crippen molar-refractivity contribution in [3.05, 3.63) is 57.9 Å². The standard InChI is InChI=1S/C11H7ClN2O2S/c12-8-3-4-11(10(6-8)14(15)16)17-9-2-1-5-13-7-9/h1-7H. The van der Waals surface area contributed by atoms with Gasteiger partial charge in [0, 0.05) is 28.4 Å². The maximum Gasteiger partial charge on any atom is 0.284 e. The van der Waals surface area contributed by atoms with Crippen LogP contribution in [0.3, 0.4) is 0 Å². The van der Waals surface area contributed by atoms with Crippen LogP contribution in [0.15, 0.2) is 52.5 Å². The Morgan fingerprint density at radius 1 is 1.35 bits per heavy atom. The number of hydrogen-bond acceptors (Lipinski definition) is 4. The Labute approximate surface area is 107 Å². The SMILES string of the molecule is O=[N+]([O-])c1cc(Cl)ccc1Sc1cccnc1. The van der Waals surface area contributed by atoms with Gasteiger partial charge in [0.1, 0.15) is 0 Å². The van der Waals surface area contributed by atoms with Crippen molar-refractivity contribution in [3.63, 3.8) is 0 Å². The third-order valence-electron chi connectivity index (χ3n) is 1.98. The lowest BCUT2D eigenvalue weighted by atomic mass is 10.3. The molecule has 0 amide bonds. The fourth-order valence-corrected chi connectivity index (χ4v) is 2.31. The molecule has 4 nitrogen and oxygen atoms in total. The van der Waals surface area contributed by atoms with Gasteiger partial charge in [0.2, 0.25) is 0 Å². The first kappa shape index (κ1) is 11.9. The minimum Gasteiger partial charge on any atom is -0.264 e. The van der Waals surface area contributed by atoms with E-state index in [4.69, 9.17) is 11.6 Å². The van der Waals surface area contributed by atoms with Crippen molar-refractivity contribution >= 4 is 29.1 Å². The van der Waals surface area contributed by atoms with Gasteiger partial charge in [-0.15, -0.1) is 0 Å². The van der Waals surface area contributed by atoms with Crippen LogP contribution >= 0.6 is 23.4 Å². The Kier molecular flexibility index (Phi) is 3.61. The van der Waals surface area contributed by atoms with Crippen molar-refractivity contribution in [2.24, 2.45) is 0 Å². The van der Waals surface area contributed by atoms with Gasteiger partial charge >= 0.3 is 0 Å². The Hall–Kier alpha value is -1.59. The lowest BCUT2D eigenvalue weighted by Gasteiger charge is -2.02. The Morgan fingerprint density at radius 2 is 2.18 bits per heavy atom. The summed E-state index contributed by atoms with van der Waals surface area (Å²) in [6.07, 6.45) is 3.31. The molecule has 0 saturated heterocycles. The van der Waals surface area contributed by atoms with Gasteiger partial charge in [-0.3, -0.25) is 15.1 Å².